The van der Waals surface area contributed by atoms with E-state index in [0.29, 0.717) is 10.6 Å². The fourth-order valence-corrected chi connectivity index (χ4v) is 3.26. The smallest absolute Gasteiger partial charge is 0.271 e. The highest BCUT2D eigenvalue weighted by Gasteiger charge is 2.15. The lowest BCUT2D eigenvalue weighted by molar-refractivity contribution is -0.385. The second-order valence-electron chi connectivity index (χ2n) is 5.73. The Labute approximate surface area is 172 Å². The van der Waals surface area contributed by atoms with E-state index in [4.69, 9.17) is 16.3 Å². The summed E-state index contributed by atoms with van der Waals surface area (Å²) in [5.41, 5.74) is 0.645. The molecule has 0 aliphatic heterocycles. The van der Waals surface area contributed by atoms with Crippen LogP contribution in [0.3, 0.4) is 0 Å². The third-order valence-electron chi connectivity index (χ3n) is 3.74. The summed E-state index contributed by atoms with van der Waals surface area (Å²) >= 11 is 7.17. The van der Waals surface area contributed by atoms with Gasteiger partial charge >= 0.3 is 0 Å². The van der Waals surface area contributed by atoms with Gasteiger partial charge in [-0.15, -0.1) is 11.3 Å². The molecule has 0 fully saturated rings. The van der Waals surface area contributed by atoms with Gasteiger partial charge < -0.3 is 10.1 Å². The van der Waals surface area contributed by atoms with Gasteiger partial charge in [0, 0.05) is 29.8 Å². The largest absolute Gasteiger partial charge is 0.489 e. The van der Waals surface area contributed by atoms with Crippen LogP contribution in [-0.4, -0.2) is 15.8 Å². The number of anilines is 1. The van der Waals surface area contributed by atoms with E-state index in [9.17, 15) is 25.0 Å². The first kappa shape index (κ1) is 20.2. The Hall–Kier alpha value is -3.50. The predicted octanol–water partition coefficient (Wildman–Crippen LogP) is 5.05. The normalized spacial score (nSPS) is 10.4. The number of nitrogens with zero attached hydrogens (tertiary/aromatic N) is 2. The molecule has 0 atom stereocenters. The third-order valence-corrected chi connectivity index (χ3v) is 5.05. The molecule has 0 saturated carbocycles. The average Bonchev–Trinajstić information content (AvgIpc) is 3.17. The fourth-order valence-electron chi connectivity index (χ4n) is 2.31. The molecule has 0 unspecified atom stereocenters. The van der Waals surface area contributed by atoms with E-state index in [1.807, 2.05) is 0 Å². The van der Waals surface area contributed by atoms with Crippen LogP contribution in [0.4, 0.5) is 17.1 Å². The summed E-state index contributed by atoms with van der Waals surface area (Å²) in [5, 5.41) is 26.0. The minimum atomic E-state index is -0.579. The van der Waals surface area contributed by atoms with Gasteiger partial charge in [0.2, 0.25) is 0 Å². The molecule has 3 rings (SSSR count). The van der Waals surface area contributed by atoms with Crippen molar-refractivity contribution in [2.45, 2.75) is 6.61 Å². The van der Waals surface area contributed by atoms with Crippen LogP contribution < -0.4 is 10.1 Å². The molecule has 9 nitrogen and oxygen atoms in total. The number of nitrogens with one attached hydrogen (secondary N) is 1. The van der Waals surface area contributed by atoms with Crippen LogP contribution in [0.2, 0.25) is 5.02 Å². The van der Waals surface area contributed by atoms with Gasteiger partial charge in [-0.2, -0.15) is 0 Å². The van der Waals surface area contributed by atoms with E-state index < -0.39 is 15.8 Å². The molecule has 0 radical (unpaired) electrons. The summed E-state index contributed by atoms with van der Waals surface area (Å²) in [5.74, 6) is -0.00448. The molecule has 2 aromatic carbocycles. The molecule has 148 valence electrons. The van der Waals surface area contributed by atoms with Crippen molar-refractivity contribution in [3.63, 3.8) is 0 Å². The first-order valence-corrected chi connectivity index (χ1v) is 9.29. The summed E-state index contributed by atoms with van der Waals surface area (Å²) in [6.45, 7) is 0.166. The highest BCUT2D eigenvalue weighted by molar-refractivity contribution is 7.12. The molecule has 0 spiro atoms. The van der Waals surface area contributed by atoms with E-state index in [1.54, 1.807) is 11.4 Å². The molecule has 29 heavy (non-hydrogen) atoms. The van der Waals surface area contributed by atoms with Gasteiger partial charge in [0.05, 0.1) is 25.4 Å². The van der Waals surface area contributed by atoms with Gasteiger partial charge in [0.15, 0.2) is 0 Å². The number of ether oxygens (including phenoxy) is 1. The number of benzene rings is 2. The Morgan fingerprint density at radius 1 is 1.03 bits per heavy atom. The van der Waals surface area contributed by atoms with E-state index in [0.717, 1.165) is 5.56 Å². The summed E-state index contributed by atoms with van der Waals surface area (Å²) in [6, 6.07) is 11.0. The number of hydrogen-bond acceptors (Lipinski definition) is 7. The number of thiophene rings is 1. The van der Waals surface area contributed by atoms with Crippen molar-refractivity contribution < 1.29 is 19.4 Å². The highest BCUT2D eigenvalue weighted by Crippen LogP contribution is 2.28. The second-order valence-corrected chi connectivity index (χ2v) is 7.05. The zero-order valence-electron chi connectivity index (χ0n) is 14.5. The number of hydrogen-bond donors (Lipinski definition) is 1. The van der Waals surface area contributed by atoms with Crippen LogP contribution >= 0.6 is 22.9 Å². The number of non-ortho nitro benzene ring substituents is 2. The number of carbonyl (C=O) groups is 1. The zero-order chi connectivity index (χ0) is 21.0. The number of rotatable bonds is 7. The predicted molar refractivity (Wildman–Crippen MR) is 108 cm³/mol. The molecule has 1 amide bonds. The highest BCUT2D eigenvalue weighted by atomic mass is 35.5. The molecule has 3 aromatic rings. The van der Waals surface area contributed by atoms with Gasteiger partial charge in [-0.1, -0.05) is 11.6 Å². The average molecular weight is 434 g/mol. The van der Waals surface area contributed by atoms with Gasteiger partial charge in [0.1, 0.15) is 12.4 Å². The standard InChI is InChI=1S/C18H12ClN3O6S/c19-15-6-3-13(22(26)27)8-16(15)20-18(23)17-7-11(10-29-17)9-28-14-4-1-12(2-5-14)21(24)25/h1-8,10H,9H2,(H,20,23). The van der Waals surface area contributed by atoms with Crippen molar-refractivity contribution >= 4 is 45.9 Å². The van der Waals surface area contributed by atoms with Crippen molar-refractivity contribution in [3.8, 4) is 5.75 Å². The number of nitro groups is 2. The van der Waals surface area contributed by atoms with Crippen LogP contribution in [0, 0.1) is 20.2 Å². The van der Waals surface area contributed by atoms with E-state index >= 15 is 0 Å². The Balaban J connectivity index is 1.63. The molecular formula is C18H12ClN3O6S. The van der Waals surface area contributed by atoms with E-state index in [2.05, 4.69) is 5.32 Å². The van der Waals surface area contributed by atoms with E-state index in [1.165, 1.54) is 53.8 Å². The molecule has 11 heteroatoms. The quantitative estimate of drug-likeness (QED) is 0.410. The molecule has 0 aliphatic carbocycles. The monoisotopic (exact) mass is 433 g/mol. The Kier molecular flexibility index (Phi) is 6.05. The second kappa shape index (κ2) is 8.67. The van der Waals surface area contributed by atoms with E-state index in [-0.39, 0.29) is 28.7 Å². The zero-order valence-corrected chi connectivity index (χ0v) is 16.1. The molecule has 0 saturated heterocycles. The summed E-state index contributed by atoms with van der Waals surface area (Å²) in [6.07, 6.45) is 0. The fraction of sp³-hybridized carbons (Fsp3) is 0.0556. The van der Waals surface area contributed by atoms with Crippen molar-refractivity contribution in [1.82, 2.24) is 0 Å². The van der Waals surface area contributed by atoms with Crippen molar-refractivity contribution in [2.24, 2.45) is 0 Å². The first-order valence-electron chi connectivity index (χ1n) is 8.03. The Morgan fingerprint density at radius 3 is 2.34 bits per heavy atom. The van der Waals surface area contributed by atoms with Crippen LogP contribution in [0.1, 0.15) is 15.2 Å². The molecule has 1 aromatic heterocycles. The Bertz CT molecular complexity index is 1080. The van der Waals surface area contributed by atoms with Gasteiger partial charge in [-0.25, -0.2) is 0 Å². The molecule has 0 aliphatic rings. The van der Waals surface area contributed by atoms with Crippen molar-refractivity contribution in [1.29, 1.82) is 0 Å². The van der Waals surface area contributed by atoms with Gasteiger partial charge in [-0.3, -0.25) is 25.0 Å². The maximum absolute atomic E-state index is 12.4. The lowest BCUT2D eigenvalue weighted by Gasteiger charge is -2.06. The maximum atomic E-state index is 12.4. The molecule has 0 bridgehead atoms. The lowest BCUT2D eigenvalue weighted by atomic mass is 10.2. The van der Waals surface area contributed by atoms with Gasteiger partial charge in [-0.05, 0) is 29.6 Å². The number of amides is 1. The molecule has 1 N–H and O–H groups in total. The summed E-state index contributed by atoms with van der Waals surface area (Å²) in [7, 11) is 0. The van der Waals surface area contributed by atoms with Crippen LogP contribution in [0.5, 0.6) is 5.75 Å². The summed E-state index contributed by atoms with van der Waals surface area (Å²) in [4.78, 5) is 33.2. The number of nitro benzene ring substituents is 2. The number of carbonyl (C=O) groups excluding carboxylic acids is 1. The minimum Gasteiger partial charge on any atom is -0.489 e. The maximum Gasteiger partial charge on any atom is 0.271 e. The molecule has 1 heterocycles. The Morgan fingerprint density at radius 2 is 1.69 bits per heavy atom. The van der Waals surface area contributed by atoms with Crippen LogP contribution in [0.25, 0.3) is 0 Å². The minimum absolute atomic E-state index is 0.0355. The first-order chi connectivity index (χ1) is 13.8. The van der Waals surface area contributed by atoms with Gasteiger partial charge in [0.25, 0.3) is 17.3 Å². The van der Waals surface area contributed by atoms with Crippen molar-refractivity contribution in [3.05, 3.63) is 89.6 Å². The third kappa shape index (κ3) is 5.06. The van der Waals surface area contributed by atoms with Crippen LogP contribution in [-0.2, 0) is 6.61 Å². The van der Waals surface area contributed by atoms with Crippen molar-refractivity contribution in [2.75, 3.05) is 5.32 Å². The molecular weight excluding hydrogens is 422 g/mol. The topological polar surface area (TPSA) is 125 Å². The summed E-state index contributed by atoms with van der Waals surface area (Å²) < 4.78 is 5.56. The SMILES string of the molecule is O=C(Nc1cc([N+](=O)[O-])ccc1Cl)c1cc(COc2ccc([N+](=O)[O-])cc2)cs1. The van der Waals surface area contributed by atoms with Crippen LogP contribution in [0.15, 0.2) is 53.9 Å². The lowest BCUT2D eigenvalue weighted by Crippen LogP contribution is -2.10. The number of halogens is 1.